The van der Waals surface area contributed by atoms with Gasteiger partial charge >= 0.3 is 0 Å². The third-order valence-electron chi connectivity index (χ3n) is 6.74. The van der Waals surface area contributed by atoms with Crippen LogP contribution in [0.5, 0.6) is 5.75 Å². The Labute approximate surface area is 208 Å². The van der Waals surface area contributed by atoms with Gasteiger partial charge in [-0.05, 0) is 49.2 Å². The molecule has 0 N–H and O–H groups in total. The number of aromatic nitrogens is 5. The van der Waals surface area contributed by atoms with Crippen molar-refractivity contribution in [2.24, 2.45) is 0 Å². The van der Waals surface area contributed by atoms with E-state index in [4.69, 9.17) is 9.84 Å². The zero-order valence-corrected chi connectivity index (χ0v) is 20.0. The number of rotatable bonds is 5. The quantitative estimate of drug-likeness (QED) is 0.369. The number of nitrogens with zero attached hydrogens (tertiary/aromatic N) is 6. The number of piperidine rings is 1. The minimum Gasteiger partial charge on any atom is -0.496 e. The van der Waals surface area contributed by atoms with Crippen molar-refractivity contribution in [3.8, 4) is 22.7 Å². The summed E-state index contributed by atoms with van der Waals surface area (Å²) in [4.78, 5) is 15.9. The van der Waals surface area contributed by atoms with E-state index in [1.54, 1.807) is 11.8 Å². The van der Waals surface area contributed by atoms with Crippen LogP contribution in [0.1, 0.15) is 34.9 Å². The highest BCUT2D eigenvalue weighted by Gasteiger charge is 2.31. The van der Waals surface area contributed by atoms with E-state index in [2.05, 4.69) is 10.2 Å². The highest BCUT2D eigenvalue weighted by molar-refractivity contribution is 6.00. The standard InChI is InChI=1S/C28H26N6O2/c1-36-24-14-6-5-13-22(24)26-23(19-34(31-26)21-11-3-2-4-12-21)28(35)32-16-9-10-20(18-32)27-30-29-25-15-7-8-17-33(25)27/h2-8,11-15,17,19-20H,9-10,16,18H2,1H3. The molecule has 0 spiro atoms. The summed E-state index contributed by atoms with van der Waals surface area (Å²) >= 11 is 0. The molecule has 2 aromatic carbocycles. The second-order valence-corrected chi connectivity index (χ2v) is 8.95. The number of ether oxygens (including phenoxy) is 1. The van der Waals surface area contributed by atoms with Gasteiger partial charge in [-0.3, -0.25) is 9.20 Å². The van der Waals surface area contributed by atoms with Crippen molar-refractivity contribution in [2.75, 3.05) is 20.2 Å². The summed E-state index contributed by atoms with van der Waals surface area (Å²) in [5.74, 6) is 1.64. The first kappa shape index (κ1) is 22.0. The molecular formula is C28H26N6O2. The Morgan fingerprint density at radius 3 is 2.64 bits per heavy atom. The minimum absolute atomic E-state index is 0.0448. The van der Waals surface area contributed by atoms with Crippen molar-refractivity contribution in [1.29, 1.82) is 0 Å². The first-order chi connectivity index (χ1) is 17.7. The van der Waals surface area contributed by atoms with Crippen LogP contribution in [0.25, 0.3) is 22.6 Å². The molecule has 1 saturated heterocycles. The molecule has 0 aliphatic carbocycles. The van der Waals surface area contributed by atoms with Crippen LogP contribution < -0.4 is 4.74 Å². The van der Waals surface area contributed by atoms with Crippen molar-refractivity contribution in [3.63, 3.8) is 0 Å². The average molecular weight is 479 g/mol. The van der Waals surface area contributed by atoms with Crippen LogP contribution in [-0.2, 0) is 0 Å². The topological polar surface area (TPSA) is 77.6 Å². The molecule has 5 aromatic rings. The number of hydrogen-bond donors (Lipinski definition) is 0. The van der Waals surface area contributed by atoms with Crippen molar-refractivity contribution in [2.45, 2.75) is 18.8 Å². The Morgan fingerprint density at radius 2 is 1.78 bits per heavy atom. The number of methoxy groups -OCH3 is 1. The number of hydrogen-bond acceptors (Lipinski definition) is 5. The van der Waals surface area contributed by atoms with Gasteiger partial charge in [-0.25, -0.2) is 4.68 Å². The number of fused-ring (bicyclic) bond motifs is 1. The Hall–Kier alpha value is -4.46. The molecule has 1 unspecified atom stereocenters. The van der Waals surface area contributed by atoms with Crippen LogP contribution in [0.2, 0.25) is 0 Å². The van der Waals surface area contributed by atoms with Crippen LogP contribution in [-0.4, -0.2) is 55.4 Å². The van der Waals surface area contributed by atoms with E-state index in [0.717, 1.165) is 35.6 Å². The van der Waals surface area contributed by atoms with Crippen molar-refractivity contribution >= 4 is 11.6 Å². The average Bonchev–Trinajstić information content (AvgIpc) is 3.58. The molecule has 8 nitrogen and oxygen atoms in total. The summed E-state index contributed by atoms with van der Waals surface area (Å²) in [5, 5.41) is 13.6. The van der Waals surface area contributed by atoms with Gasteiger partial charge in [-0.1, -0.05) is 36.4 Å². The van der Waals surface area contributed by atoms with E-state index in [-0.39, 0.29) is 11.8 Å². The molecule has 0 bridgehead atoms. The van der Waals surface area contributed by atoms with Crippen molar-refractivity contribution in [1.82, 2.24) is 29.3 Å². The fourth-order valence-corrected chi connectivity index (χ4v) is 4.96. The second-order valence-electron chi connectivity index (χ2n) is 8.95. The summed E-state index contributed by atoms with van der Waals surface area (Å²) in [5.41, 5.74) is 3.65. The number of pyridine rings is 1. The summed E-state index contributed by atoms with van der Waals surface area (Å²) in [6.07, 6.45) is 5.67. The zero-order valence-electron chi connectivity index (χ0n) is 20.0. The number of carbonyl (C=O) groups is 1. The summed E-state index contributed by atoms with van der Waals surface area (Å²) in [7, 11) is 1.63. The largest absolute Gasteiger partial charge is 0.496 e. The molecule has 0 radical (unpaired) electrons. The predicted octanol–water partition coefficient (Wildman–Crippen LogP) is 4.61. The van der Waals surface area contributed by atoms with Crippen LogP contribution >= 0.6 is 0 Å². The SMILES string of the molecule is COc1ccccc1-c1nn(-c2ccccc2)cc1C(=O)N1CCCC(c2nnc3ccccn23)C1. The van der Waals surface area contributed by atoms with E-state index >= 15 is 0 Å². The Bertz CT molecular complexity index is 1520. The van der Waals surface area contributed by atoms with E-state index in [9.17, 15) is 4.79 Å². The number of para-hydroxylation sites is 2. The van der Waals surface area contributed by atoms with Gasteiger partial charge in [-0.15, -0.1) is 10.2 Å². The third kappa shape index (κ3) is 3.90. The van der Waals surface area contributed by atoms with Gasteiger partial charge in [0.1, 0.15) is 17.3 Å². The molecular weight excluding hydrogens is 452 g/mol. The van der Waals surface area contributed by atoms with E-state index in [1.807, 2.05) is 94.5 Å². The van der Waals surface area contributed by atoms with E-state index < -0.39 is 0 Å². The lowest BCUT2D eigenvalue weighted by atomic mass is 9.96. The normalized spacial score (nSPS) is 15.8. The zero-order chi connectivity index (χ0) is 24.5. The molecule has 1 aliphatic heterocycles. The number of amides is 1. The van der Waals surface area contributed by atoms with Gasteiger partial charge in [-0.2, -0.15) is 5.10 Å². The molecule has 36 heavy (non-hydrogen) atoms. The molecule has 180 valence electrons. The summed E-state index contributed by atoms with van der Waals surface area (Å²) in [6, 6.07) is 23.4. The fourth-order valence-electron chi connectivity index (χ4n) is 4.96. The number of likely N-dealkylation sites (tertiary alicyclic amines) is 1. The van der Waals surface area contributed by atoms with Gasteiger partial charge in [0.15, 0.2) is 5.65 Å². The van der Waals surface area contributed by atoms with Gasteiger partial charge in [0.05, 0.1) is 18.4 Å². The van der Waals surface area contributed by atoms with Crippen LogP contribution in [0.3, 0.4) is 0 Å². The van der Waals surface area contributed by atoms with Gasteiger partial charge in [0.25, 0.3) is 5.91 Å². The lowest BCUT2D eigenvalue weighted by Crippen LogP contribution is -2.39. The smallest absolute Gasteiger partial charge is 0.257 e. The first-order valence-electron chi connectivity index (χ1n) is 12.1. The first-order valence-corrected chi connectivity index (χ1v) is 12.1. The maximum absolute atomic E-state index is 14.0. The summed E-state index contributed by atoms with van der Waals surface area (Å²) < 4.78 is 9.40. The monoisotopic (exact) mass is 478 g/mol. The highest BCUT2D eigenvalue weighted by atomic mass is 16.5. The van der Waals surface area contributed by atoms with Crippen LogP contribution in [0.15, 0.2) is 85.2 Å². The van der Waals surface area contributed by atoms with Crippen LogP contribution in [0.4, 0.5) is 0 Å². The van der Waals surface area contributed by atoms with Gasteiger partial charge < -0.3 is 9.64 Å². The second kappa shape index (κ2) is 9.30. The molecule has 0 saturated carbocycles. The minimum atomic E-state index is -0.0448. The molecule has 3 aromatic heterocycles. The van der Waals surface area contributed by atoms with E-state index in [1.165, 1.54) is 0 Å². The maximum atomic E-state index is 14.0. The summed E-state index contributed by atoms with van der Waals surface area (Å²) in [6.45, 7) is 1.27. The third-order valence-corrected chi connectivity index (χ3v) is 6.74. The van der Waals surface area contributed by atoms with Crippen LogP contribution in [0, 0.1) is 0 Å². The highest BCUT2D eigenvalue weighted by Crippen LogP contribution is 2.34. The predicted molar refractivity (Wildman–Crippen MR) is 136 cm³/mol. The fraction of sp³-hybridized carbons (Fsp3) is 0.214. The molecule has 1 atom stereocenters. The molecule has 1 fully saturated rings. The number of benzene rings is 2. The van der Waals surface area contributed by atoms with Crippen molar-refractivity contribution in [3.05, 3.63) is 96.6 Å². The van der Waals surface area contributed by atoms with E-state index in [0.29, 0.717) is 30.1 Å². The van der Waals surface area contributed by atoms with Gasteiger partial charge in [0.2, 0.25) is 0 Å². The van der Waals surface area contributed by atoms with Gasteiger partial charge in [0, 0.05) is 37.0 Å². The Balaban J connectivity index is 1.38. The lowest BCUT2D eigenvalue weighted by molar-refractivity contribution is 0.0705. The maximum Gasteiger partial charge on any atom is 0.257 e. The number of carbonyl (C=O) groups excluding carboxylic acids is 1. The lowest BCUT2D eigenvalue weighted by Gasteiger charge is -2.32. The molecule has 1 amide bonds. The van der Waals surface area contributed by atoms with Crippen molar-refractivity contribution < 1.29 is 9.53 Å². The molecule has 6 rings (SSSR count). The Morgan fingerprint density at radius 1 is 0.972 bits per heavy atom. The molecule has 4 heterocycles. The molecule has 8 heteroatoms. The molecule has 1 aliphatic rings. The Kier molecular flexibility index (Phi) is 5.69.